The SMILES string of the molecule is CCCCc1ccc2c(c1)C(CCCC)N(c1cccc(-c3cn(C)c(=O)c(Nc4ccc(N5CCOCC5)cc4)n3)c1CO)C2=O. The van der Waals surface area contributed by atoms with Gasteiger partial charge < -0.3 is 29.5 Å². The van der Waals surface area contributed by atoms with Crippen molar-refractivity contribution < 1.29 is 14.6 Å². The molecule has 0 bridgehead atoms. The monoisotopic (exact) mass is 635 g/mol. The lowest BCUT2D eigenvalue weighted by Gasteiger charge is -2.29. The summed E-state index contributed by atoms with van der Waals surface area (Å²) in [6.07, 6.45) is 7.72. The highest BCUT2D eigenvalue weighted by Crippen LogP contribution is 2.44. The molecule has 4 aromatic rings. The molecule has 1 fully saturated rings. The summed E-state index contributed by atoms with van der Waals surface area (Å²) in [6, 6.07) is 19.8. The van der Waals surface area contributed by atoms with Gasteiger partial charge in [-0.05, 0) is 66.8 Å². The molecule has 0 saturated carbocycles. The van der Waals surface area contributed by atoms with Gasteiger partial charge in [0.2, 0.25) is 0 Å². The van der Waals surface area contributed by atoms with Crippen molar-refractivity contribution in [2.75, 3.05) is 41.4 Å². The zero-order valence-corrected chi connectivity index (χ0v) is 27.7. The average molecular weight is 636 g/mol. The van der Waals surface area contributed by atoms with Gasteiger partial charge in [-0.3, -0.25) is 9.59 Å². The van der Waals surface area contributed by atoms with Crippen LogP contribution in [0.2, 0.25) is 0 Å². The molecule has 1 aromatic heterocycles. The third-order valence-corrected chi connectivity index (χ3v) is 9.31. The number of hydrogen-bond acceptors (Lipinski definition) is 7. The maximum absolute atomic E-state index is 14.1. The van der Waals surface area contributed by atoms with Gasteiger partial charge in [0.15, 0.2) is 5.82 Å². The number of morpholine rings is 1. The Labute approximate surface area is 276 Å². The first-order valence-corrected chi connectivity index (χ1v) is 16.9. The van der Waals surface area contributed by atoms with Gasteiger partial charge in [0, 0.05) is 54.4 Å². The number of fused-ring (bicyclic) bond motifs is 1. The molecule has 0 spiro atoms. The summed E-state index contributed by atoms with van der Waals surface area (Å²) in [5, 5.41) is 14.0. The van der Waals surface area contributed by atoms with E-state index in [-0.39, 0.29) is 29.9 Å². The lowest BCUT2D eigenvalue weighted by atomic mass is 9.95. The summed E-state index contributed by atoms with van der Waals surface area (Å²) >= 11 is 0. The first-order valence-electron chi connectivity index (χ1n) is 16.9. The minimum absolute atomic E-state index is 0.0497. The molecule has 1 unspecified atom stereocenters. The summed E-state index contributed by atoms with van der Waals surface area (Å²) in [6.45, 7) is 7.17. The van der Waals surface area contributed by atoms with E-state index >= 15 is 0 Å². The molecule has 0 radical (unpaired) electrons. The number of rotatable bonds is 12. The Hall–Kier alpha value is -4.47. The molecule has 2 aliphatic heterocycles. The number of nitrogens with zero attached hydrogens (tertiary/aromatic N) is 4. The van der Waals surface area contributed by atoms with E-state index in [0.717, 1.165) is 74.1 Å². The van der Waals surface area contributed by atoms with Gasteiger partial charge in [-0.1, -0.05) is 57.4 Å². The van der Waals surface area contributed by atoms with E-state index in [9.17, 15) is 14.7 Å². The molecular weight excluding hydrogens is 590 g/mol. The van der Waals surface area contributed by atoms with Crippen LogP contribution < -0.4 is 20.7 Å². The number of amides is 1. The van der Waals surface area contributed by atoms with E-state index in [1.54, 1.807) is 13.2 Å². The highest BCUT2D eigenvalue weighted by molar-refractivity contribution is 6.11. The first kappa shape index (κ1) is 32.5. The maximum atomic E-state index is 14.1. The minimum atomic E-state index is -0.288. The second-order valence-electron chi connectivity index (χ2n) is 12.5. The highest BCUT2D eigenvalue weighted by atomic mass is 16.5. The molecule has 0 aliphatic carbocycles. The second-order valence-corrected chi connectivity index (χ2v) is 12.5. The lowest BCUT2D eigenvalue weighted by molar-refractivity contribution is 0.0989. The van der Waals surface area contributed by atoms with Crippen LogP contribution in [0.4, 0.5) is 22.9 Å². The van der Waals surface area contributed by atoms with Crippen LogP contribution in [0, 0.1) is 0 Å². The summed E-state index contributed by atoms with van der Waals surface area (Å²) in [4.78, 5) is 36.2. The van der Waals surface area contributed by atoms with Gasteiger partial charge in [-0.2, -0.15) is 0 Å². The number of nitrogens with one attached hydrogen (secondary N) is 1. The molecule has 47 heavy (non-hydrogen) atoms. The smallest absolute Gasteiger partial charge is 0.293 e. The standard InChI is InChI=1S/C38H45N5O4/c1-4-6-9-26-13-18-30-31(23-26)34(11-7-5-2)43(37(30)45)35-12-8-10-29(32(35)25-44)33-24-41(3)38(46)36(40-33)39-27-14-16-28(17-15-27)42-19-21-47-22-20-42/h8,10,12-18,23-24,34,44H,4-7,9,11,19-22,25H2,1-3H3,(H,39,40). The Kier molecular flexibility index (Phi) is 10.0. The number of aliphatic hydroxyl groups is 1. The number of aromatic nitrogens is 2. The van der Waals surface area contributed by atoms with Crippen LogP contribution in [0.25, 0.3) is 11.3 Å². The number of carbonyl (C=O) groups excluding carboxylic acids is 1. The quantitative estimate of drug-likeness (QED) is 0.178. The summed E-state index contributed by atoms with van der Waals surface area (Å²) in [7, 11) is 1.69. The number of benzene rings is 3. The fourth-order valence-electron chi connectivity index (χ4n) is 6.73. The number of carbonyl (C=O) groups is 1. The Morgan fingerprint density at radius 3 is 2.45 bits per heavy atom. The van der Waals surface area contributed by atoms with Crippen LogP contribution in [0.5, 0.6) is 0 Å². The van der Waals surface area contributed by atoms with Gasteiger partial charge in [-0.15, -0.1) is 0 Å². The topological polar surface area (TPSA) is 99.9 Å². The zero-order valence-electron chi connectivity index (χ0n) is 27.7. The molecule has 9 heteroatoms. The molecule has 2 aliphatic rings. The van der Waals surface area contributed by atoms with Crippen LogP contribution in [0.15, 0.2) is 71.7 Å². The van der Waals surface area contributed by atoms with Gasteiger partial charge in [-0.25, -0.2) is 4.98 Å². The van der Waals surface area contributed by atoms with E-state index < -0.39 is 0 Å². The Bertz CT molecular complexity index is 1780. The van der Waals surface area contributed by atoms with E-state index in [4.69, 9.17) is 9.72 Å². The van der Waals surface area contributed by atoms with Crippen LogP contribution in [-0.4, -0.2) is 46.9 Å². The van der Waals surface area contributed by atoms with Crippen molar-refractivity contribution in [3.8, 4) is 11.3 Å². The average Bonchev–Trinajstić information content (AvgIpc) is 3.38. The molecule has 246 valence electrons. The zero-order chi connectivity index (χ0) is 32.9. The number of unbranched alkanes of at least 4 members (excludes halogenated alkanes) is 2. The Morgan fingerprint density at radius 2 is 1.72 bits per heavy atom. The molecule has 1 atom stereocenters. The van der Waals surface area contributed by atoms with Gasteiger partial charge in [0.1, 0.15) is 0 Å². The fourth-order valence-corrected chi connectivity index (χ4v) is 6.73. The summed E-state index contributed by atoms with van der Waals surface area (Å²) in [5.41, 5.74) is 7.11. The third kappa shape index (κ3) is 6.68. The Balaban J connectivity index is 1.34. The Morgan fingerprint density at radius 1 is 0.957 bits per heavy atom. The van der Waals surface area contributed by atoms with E-state index in [1.807, 2.05) is 53.4 Å². The number of anilines is 4. The van der Waals surface area contributed by atoms with E-state index in [2.05, 4.69) is 36.2 Å². The van der Waals surface area contributed by atoms with Crippen LogP contribution >= 0.6 is 0 Å². The van der Waals surface area contributed by atoms with Crippen molar-refractivity contribution >= 4 is 28.8 Å². The van der Waals surface area contributed by atoms with Crippen molar-refractivity contribution in [2.45, 2.75) is 65.0 Å². The van der Waals surface area contributed by atoms with Crippen LogP contribution in [0.3, 0.4) is 0 Å². The van der Waals surface area contributed by atoms with Crippen molar-refractivity contribution in [1.29, 1.82) is 0 Å². The molecule has 3 aromatic carbocycles. The van der Waals surface area contributed by atoms with Crippen molar-refractivity contribution in [3.63, 3.8) is 0 Å². The molecule has 1 saturated heterocycles. The largest absolute Gasteiger partial charge is 0.392 e. The lowest BCUT2D eigenvalue weighted by Crippen LogP contribution is -2.36. The molecule has 1 amide bonds. The number of ether oxygens (including phenoxy) is 1. The third-order valence-electron chi connectivity index (χ3n) is 9.31. The molecule has 2 N–H and O–H groups in total. The summed E-state index contributed by atoms with van der Waals surface area (Å²) in [5.74, 6) is 0.134. The van der Waals surface area contributed by atoms with Crippen LogP contribution in [-0.2, 0) is 24.8 Å². The minimum Gasteiger partial charge on any atom is -0.392 e. The summed E-state index contributed by atoms with van der Waals surface area (Å²) < 4.78 is 6.97. The molecule has 6 rings (SSSR count). The number of hydrogen-bond donors (Lipinski definition) is 2. The van der Waals surface area contributed by atoms with Crippen molar-refractivity contribution in [1.82, 2.24) is 9.55 Å². The predicted molar refractivity (Wildman–Crippen MR) is 188 cm³/mol. The number of aliphatic hydroxyl groups excluding tert-OH is 1. The highest BCUT2D eigenvalue weighted by Gasteiger charge is 2.38. The molecule has 9 nitrogen and oxygen atoms in total. The predicted octanol–water partition coefficient (Wildman–Crippen LogP) is 6.75. The van der Waals surface area contributed by atoms with Gasteiger partial charge >= 0.3 is 0 Å². The normalized spacial score (nSPS) is 16.1. The van der Waals surface area contributed by atoms with Crippen molar-refractivity contribution in [3.05, 3.63) is 99.5 Å². The second kappa shape index (κ2) is 14.5. The van der Waals surface area contributed by atoms with E-state index in [1.165, 1.54) is 10.1 Å². The fraction of sp³-hybridized carbons (Fsp3) is 0.395. The van der Waals surface area contributed by atoms with Gasteiger partial charge in [0.05, 0.1) is 37.2 Å². The first-order chi connectivity index (χ1) is 22.9. The molecule has 3 heterocycles. The van der Waals surface area contributed by atoms with Crippen LogP contribution in [0.1, 0.15) is 79.0 Å². The van der Waals surface area contributed by atoms with E-state index in [0.29, 0.717) is 35.7 Å². The molecular formula is C38H45N5O4. The number of aryl methyl sites for hydroxylation is 2. The maximum Gasteiger partial charge on any atom is 0.293 e. The van der Waals surface area contributed by atoms with Gasteiger partial charge in [0.25, 0.3) is 11.5 Å². The van der Waals surface area contributed by atoms with Crippen molar-refractivity contribution in [2.24, 2.45) is 7.05 Å².